The highest BCUT2D eigenvalue weighted by Crippen LogP contribution is 2.18. The molecule has 23 heavy (non-hydrogen) atoms. The lowest BCUT2D eigenvalue weighted by Crippen LogP contribution is -2.36. The molecule has 0 spiro atoms. The van der Waals surface area contributed by atoms with Crippen LogP contribution in [0.3, 0.4) is 0 Å². The van der Waals surface area contributed by atoms with Crippen molar-refractivity contribution >= 4 is 17.5 Å². The van der Waals surface area contributed by atoms with Gasteiger partial charge in [0.25, 0.3) is 5.91 Å². The molecular weight excluding hydrogens is 314 g/mol. The maximum Gasteiger partial charge on any atom is 0.271 e. The van der Waals surface area contributed by atoms with E-state index in [-0.39, 0.29) is 18.7 Å². The Hall–Kier alpha value is -2.01. The van der Waals surface area contributed by atoms with Gasteiger partial charge in [0.05, 0.1) is 0 Å². The van der Waals surface area contributed by atoms with Gasteiger partial charge in [0.2, 0.25) is 0 Å². The SMILES string of the molecule is O=C(NC1CCCCC1)c1ccn(COc2ccc(Cl)cc2)n1. The first-order valence-corrected chi connectivity index (χ1v) is 8.31. The van der Waals surface area contributed by atoms with E-state index in [9.17, 15) is 4.79 Å². The van der Waals surface area contributed by atoms with E-state index in [1.54, 1.807) is 41.2 Å². The summed E-state index contributed by atoms with van der Waals surface area (Å²) < 4.78 is 7.20. The summed E-state index contributed by atoms with van der Waals surface area (Å²) in [6.45, 7) is 0.248. The van der Waals surface area contributed by atoms with Gasteiger partial charge in [-0.05, 0) is 43.2 Å². The van der Waals surface area contributed by atoms with Gasteiger partial charge in [-0.2, -0.15) is 5.10 Å². The van der Waals surface area contributed by atoms with E-state index in [4.69, 9.17) is 16.3 Å². The second kappa shape index (κ2) is 7.51. The summed E-state index contributed by atoms with van der Waals surface area (Å²) >= 11 is 5.83. The summed E-state index contributed by atoms with van der Waals surface area (Å²) in [5, 5.41) is 7.99. The predicted molar refractivity (Wildman–Crippen MR) is 88.6 cm³/mol. The van der Waals surface area contributed by atoms with Crippen molar-refractivity contribution in [2.24, 2.45) is 0 Å². The molecule has 122 valence electrons. The van der Waals surface area contributed by atoms with Crippen molar-refractivity contribution in [1.82, 2.24) is 15.1 Å². The molecule has 1 heterocycles. The van der Waals surface area contributed by atoms with E-state index < -0.39 is 0 Å². The molecule has 0 bridgehead atoms. The standard InChI is InChI=1S/C17H20ClN3O2/c18-13-6-8-15(9-7-13)23-12-21-11-10-16(20-21)17(22)19-14-4-2-1-3-5-14/h6-11,14H,1-5,12H2,(H,19,22). The maximum atomic E-state index is 12.2. The van der Waals surface area contributed by atoms with Crippen LogP contribution in [0.15, 0.2) is 36.5 Å². The molecule has 3 rings (SSSR count). The lowest BCUT2D eigenvalue weighted by molar-refractivity contribution is 0.0920. The highest BCUT2D eigenvalue weighted by Gasteiger charge is 2.18. The topological polar surface area (TPSA) is 56.2 Å². The third-order valence-corrected chi connectivity index (χ3v) is 4.24. The Labute approximate surface area is 140 Å². The lowest BCUT2D eigenvalue weighted by atomic mass is 9.95. The Balaban J connectivity index is 1.52. The Morgan fingerprint density at radius 1 is 1.22 bits per heavy atom. The molecule has 6 heteroatoms. The van der Waals surface area contributed by atoms with Gasteiger partial charge in [0.1, 0.15) is 11.4 Å². The van der Waals surface area contributed by atoms with Crippen LogP contribution in [-0.2, 0) is 6.73 Å². The molecule has 1 N–H and O–H groups in total. The molecule has 2 aromatic rings. The van der Waals surface area contributed by atoms with Gasteiger partial charge in [-0.25, -0.2) is 4.68 Å². The second-order valence-electron chi connectivity index (χ2n) is 5.78. The molecule has 1 aromatic heterocycles. The first-order valence-electron chi connectivity index (χ1n) is 7.93. The number of amides is 1. The molecule has 0 unspecified atom stereocenters. The van der Waals surface area contributed by atoms with Crippen molar-refractivity contribution in [2.75, 3.05) is 0 Å². The fourth-order valence-corrected chi connectivity index (χ4v) is 2.86. The normalized spacial score (nSPS) is 15.3. The third kappa shape index (κ3) is 4.48. The van der Waals surface area contributed by atoms with E-state index in [2.05, 4.69) is 10.4 Å². The summed E-state index contributed by atoms with van der Waals surface area (Å²) in [5.74, 6) is 0.597. The number of halogens is 1. The van der Waals surface area contributed by atoms with E-state index in [0.29, 0.717) is 16.5 Å². The fourth-order valence-electron chi connectivity index (χ4n) is 2.73. The maximum absolute atomic E-state index is 12.2. The summed E-state index contributed by atoms with van der Waals surface area (Å²) in [6.07, 6.45) is 7.51. The summed E-state index contributed by atoms with van der Waals surface area (Å²) in [7, 11) is 0. The van der Waals surface area contributed by atoms with Crippen LogP contribution in [0, 0.1) is 0 Å². The highest BCUT2D eigenvalue weighted by atomic mass is 35.5. The van der Waals surface area contributed by atoms with Gasteiger partial charge >= 0.3 is 0 Å². The van der Waals surface area contributed by atoms with Crippen molar-refractivity contribution in [3.63, 3.8) is 0 Å². The Morgan fingerprint density at radius 3 is 2.70 bits per heavy atom. The van der Waals surface area contributed by atoms with Crippen LogP contribution < -0.4 is 10.1 Å². The van der Waals surface area contributed by atoms with Gasteiger partial charge in [0, 0.05) is 17.3 Å². The minimum atomic E-state index is -0.109. The second-order valence-corrected chi connectivity index (χ2v) is 6.21. The molecule has 1 aliphatic carbocycles. The fraction of sp³-hybridized carbons (Fsp3) is 0.412. The molecule has 0 atom stereocenters. The number of hydrogen-bond donors (Lipinski definition) is 1. The van der Waals surface area contributed by atoms with Crippen molar-refractivity contribution in [2.45, 2.75) is 44.9 Å². The van der Waals surface area contributed by atoms with Gasteiger partial charge in [0.15, 0.2) is 6.73 Å². The first kappa shape index (κ1) is 15.9. The minimum Gasteiger partial charge on any atom is -0.471 e. The van der Waals surface area contributed by atoms with Crippen molar-refractivity contribution in [3.8, 4) is 5.75 Å². The number of nitrogens with zero attached hydrogens (tertiary/aromatic N) is 2. The van der Waals surface area contributed by atoms with Crippen LogP contribution in [0.2, 0.25) is 5.02 Å². The average molecular weight is 334 g/mol. The monoisotopic (exact) mass is 333 g/mol. The van der Waals surface area contributed by atoms with Crippen LogP contribution in [0.5, 0.6) is 5.75 Å². The van der Waals surface area contributed by atoms with Crippen molar-refractivity contribution in [3.05, 3.63) is 47.2 Å². The van der Waals surface area contributed by atoms with Gasteiger partial charge in [-0.15, -0.1) is 0 Å². The Bertz CT molecular complexity index is 648. The van der Waals surface area contributed by atoms with E-state index >= 15 is 0 Å². The number of carbonyl (C=O) groups excluding carboxylic acids is 1. The molecule has 1 aromatic carbocycles. The zero-order valence-electron chi connectivity index (χ0n) is 12.9. The van der Waals surface area contributed by atoms with E-state index in [1.165, 1.54) is 19.3 Å². The van der Waals surface area contributed by atoms with Crippen LogP contribution >= 0.6 is 11.6 Å². The smallest absolute Gasteiger partial charge is 0.271 e. The number of carbonyl (C=O) groups is 1. The number of ether oxygens (including phenoxy) is 1. The third-order valence-electron chi connectivity index (χ3n) is 3.99. The van der Waals surface area contributed by atoms with Crippen LogP contribution in [0.1, 0.15) is 42.6 Å². The van der Waals surface area contributed by atoms with Gasteiger partial charge in [-0.3, -0.25) is 4.79 Å². The molecule has 0 saturated heterocycles. The van der Waals surface area contributed by atoms with Gasteiger partial charge in [-0.1, -0.05) is 30.9 Å². The zero-order chi connectivity index (χ0) is 16.1. The molecule has 1 fully saturated rings. The van der Waals surface area contributed by atoms with Crippen LogP contribution in [0.25, 0.3) is 0 Å². The number of aromatic nitrogens is 2. The summed E-state index contributed by atoms with van der Waals surface area (Å²) in [5.41, 5.74) is 0.426. The number of benzene rings is 1. The van der Waals surface area contributed by atoms with Crippen LogP contribution in [0.4, 0.5) is 0 Å². The molecule has 1 amide bonds. The van der Waals surface area contributed by atoms with Crippen LogP contribution in [-0.4, -0.2) is 21.7 Å². The number of hydrogen-bond acceptors (Lipinski definition) is 3. The Kier molecular flexibility index (Phi) is 5.18. The molecule has 0 aliphatic heterocycles. The van der Waals surface area contributed by atoms with E-state index in [1.807, 2.05) is 0 Å². The predicted octanol–water partition coefficient (Wildman–Crippen LogP) is 3.64. The highest BCUT2D eigenvalue weighted by molar-refractivity contribution is 6.30. The first-order chi connectivity index (χ1) is 11.2. The average Bonchev–Trinajstić information content (AvgIpc) is 3.04. The molecule has 1 saturated carbocycles. The zero-order valence-corrected chi connectivity index (χ0v) is 13.6. The lowest BCUT2D eigenvalue weighted by Gasteiger charge is -2.22. The van der Waals surface area contributed by atoms with Gasteiger partial charge < -0.3 is 10.1 Å². The number of nitrogens with one attached hydrogen (secondary N) is 1. The summed E-state index contributed by atoms with van der Waals surface area (Å²) in [4.78, 5) is 12.2. The summed E-state index contributed by atoms with van der Waals surface area (Å²) in [6, 6.07) is 9.12. The molecule has 1 aliphatic rings. The Morgan fingerprint density at radius 2 is 1.96 bits per heavy atom. The van der Waals surface area contributed by atoms with Crippen molar-refractivity contribution in [1.29, 1.82) is 0 Å². The number of rotatable bonds is 5. The molecule has 0 radical (unpaired) electrons. The molecule has 5 nitrogen and oxygen atoms in total. The van der Waals surface area contributed by atoms with E-state index in [0.717, 1.165) is 12.8 Å². The van der Waals surface area contributed by atoms with Crippen molar-refractivity contribution < 1.29 is 9.53 Å². The minimum absolute atomic E-state index is 0.109. The quantitative estimate of drug-likeness (QED) is 0.909. The molecular formula is C17H20ClN3O2. The largest absolute Gasteiger partial charge is 0.471 e.